The molecule has 7 heteroatoms. The summed E-state index contributed by atoms with van der Waals surface area (Å²) >= 11 is 1.39. The Balaban J connectivity index is 1.66. The van der Waals surface area contributed by atoms with Gasteiger partial charge in [0.15, 0.2) is 11.0 Å². The van der Waals surface area contributed by atoms with Crippen molar-refractivity contribution in [2.24, 2.45) is 0 Å². The smallest absolute Gasteiger partial charge is 0.233 e. The molecule has 0 spiro atoms. The summed E-state index contributed by atoms with van der Waals surface area (Å²) in [7, 11) is 0. The molecule has 0 saturated carbocycles. The van der Waals surface area contributed by atoms with Gasteiger partial charge in [-0.2, -0.15) is 0 Å². The molecular weight excluding hydrogens is 384 g/mol. The minimum atomic E-state index is 0.136. The highest BCUT2D eigenvalue weighted by atomic mass is 32.2. The van der Waals surface area contributed by atoms with Crippen LogP contribution in [0.3, 0.4) is 0 Å². The van der Waals surface area contributed by atoms with Crippen molar-refractivity contribution in [2.75, 3.05) is 18.8 Å². The van der Waals surface area contributed by atoms with Crippen molar-refractivity contribution in [3.8, 4) is 22.8 Å². The number of piperidine rings is 1. The molecule has 1 aliphatic heterocycles. The van der Waals surface area contributed by atoms with Gasteiger partial charge in [-0.05, 0) is 50.5 Å². The van der Waals surface area contributed by atoms with Crippen LogP contribution in [-0.2, 0) is 4.79 Å². The quantitative estimate of drug-likeness (QED) is 0.645. The minimum absolute atomic E-state index is 0.136. The molecule has 1 amide bonds. The maximum atomic E-state index is 12.6. The van der Waals surface area contributed by atoms with Gasteiger partial charge in [-0.3, -0.25) is 9.36 Å². The first-order valence-corrected chi connectivity index (χ1v) is 10.8. The molecule has 0 bridgehead atoms. The van der Waals surface area contributed by atoms with Crippen molar-refractivity contribution in [3.05, 3.63) is 54.1 Å². The Bertz CT molecular complexity index is 994. The second kappa shape index (κ2) is 8.69. The lowest BCUT2D eigenvalue weighted by Crippen LogP contribution is -2.36. The second-order valence-corrected chi connectivity index (χ2v) is 8.17. The van der Waals surface area contributed by atoms with Crippen molar-refractivity contribution in [1.82, 2.24) is 19.7 Å². The van der Waals surface area contributed by atoms with Crippen LogP contribution in [0.5, 0.6) is 5.75 Å². The standard InChI is InChI=1S/C22H24N4O2S/c1-16-9-11-17(12-10-16)26-21(18-7-3-4-8-19(18)27)23-24-22(26)29-15-20(28)25-13-5-2-6-14-25/h3-4,7-12,27H,2,5-6,13-15H2,1H3. The van der Waals surface area contributed by atoms with E-state index in [0.717, 1.165) is 37.2 Å². The number of carbonyl (C=O) groups excluding carboxylic acids is 1. The topological polar surface area (TPSA) is 71.2 Å². The zero-order chi connectivity index (χ0) is 20.2. The van der Waals surface area contributed by atoms with E-state index in [-0.39, 0.29) is 11.7 Å². The SMILES string of the molecule is Cc1ccc(-n2c(SCC(=O)N3CCCCC3)nnc2-c2ccccc2O)cc1. The fraction of sp³-hybridized carbons (Fsp3) is 0.318. The number of benzene rings is 2. The van der Waals surface area contributed by atoms with Crippen LogP contribution in [0.25, 0.3) is 17.1 Å². The summed E-state index contributed by atoms with van der Waals surface area (Å²) in [6.45, 7) is 3.72. The van der Waals surface area contributed by atoms with Crippen LogP contribution in [0.4, 0.5) is 0 Å². The first kappa shape index (κ1) is 19.5. The number of para-hydroxylation sites is 1. The molecule has 1 aliphatic rings. The predicted octanol–water partition coefficient (Wildman–Crippen LogP) is 4.05. The number of likely N-dealkylation sites (tertiary alicyclic amines) is 1. The lowest BCUT2D eigenvalue weighted by molar-refractivity contribution is -0.129. The Morgan fingerprint density at radius 3 is 2.48 bits per heavy atom. The molecule has 0 atom stereocenters. The third-order valence-electron chi connectivity index (χ3n) is 5.10. The van der Waals surface area contributed by atoms with E-state index in [0.29, 0.717) is 22.3 Å². The number of phenols is 1. The maximum absolute atomic E-state index is 12.6. The summed E-state index contributed by atoms with van der Waals surface area (Å²) in [6.07, 6.45) is 3.35. The van der Waals surface area contributed by atoms with Gasteiger partial charge < -0.3 is 10.0 Å². The van der Waals surface area contributed by atoms with E-state index in [4.69, 9.17) is 0 Å². The van der Waals surface area contributed by atoms with E-state index in [1.807, 2.05) is 52.8 Å². The van der Waals surface area contributed by atoms with E-state index in [2.05, 4.69) is 10.2 Å². The van der Waals surface area contributed by atoms with Crippen LogP contribution < -0.4 is 0 Å². The van der Waals surface area contributed by atoms with E-state index in [1.54, 1.807) is 12.1 Å². The summed E-state index contributed by atoms with van der Waals surface area (Å²) in [5.74, 6) is 1.16. The third kappa shape index (κ3) is 4.29. The minimum Gasteiger partial charge on any atom is -0.507 e. The Hall–Kier alpha value is -2.80. The highest BCUT2D eigenvalue weighted by Crippen LogP contribution is 2.32. The molecule has 1 N–H and O–H groups in total. The molecule has 3 aromatic rings. The van der Waals surface area contributed by atoms with Gasteiger partial charge in [-0.1, -0.05) is 41.6 Å². The monoisotopic (exact) mass is 408 g/mol. The number of hydrogen-bond donors (Lipinski definition) is 1. The average molecular weight is 409 g/mol. The van der Waals surface area contributed by atoms with Crippen molar-refractivity contribution in [2.45, 2.75) is 31.3 Å². The number of rotatable bonds is 5. The number of aromatic nitrogens is 3. The number of aromatic hydroxyl groups is 1. The number of nitrogens with zero attached hydrogens (tertiary/aromatic N) is 4. The van der Waals surface area contributed by atoms with Crippen molar-refractivity contribution in [1.29, 1.82) is 0 Å². The Morgan fingerprint density at radius 1 is 1.03 bits per heavy atom. The fourth-order valence-corrected chi connectivity index (χ4v) is 4.34. The number of carbonyl (C=O) groups is 1. The van der Waals surface area contributed by atoms with Crippen LogP contribution in [0.1, 0.15) is 24.8 Å². The van der Waals surface area contributed by atoms with E-state index in [9.17, 15) is 9.90 Å². The molecule has 2 aromatic carbocycles. The third-order valence-corrected chi connectivity index (χ3v) is 6.02. The van der Waals surface area contributed by atoms with Crippen LogP contribution in [0.15, 0.2) is 53.7 Å². The van der Waals surface area contributed by atoms with Gasteiger partial charge >= 0.3 is 0 Å². The molecule has 6 nitrogen and oxygen atoms in total. The lowest BCUT2D eigenvalue weighted by Gasteiger charge is -2.26. The number of phenolic OH excluding ortho intramolecular Hbond substituents is 1. The first-order valence-electron chi connectivity index (χ1n) is 9.85. The Morgan fingerprint density at radius 2 is 1.76 bits per heavy atom. The predicted molar refractivity (Wildman–Crippen MR) is 114 cm³/mol. The van der Waals surface area contributed by atoms with E-state index in [1.165, 1.54) is 18.2 Å². The molecule has 0 aliphatic carbocycles. The van der Waals surface area contributed by atoms with Gasteiger partial charge in [0.05, 0.1) is 11.3 Å². The molecule has 1 fully saturated rings. The Labute approximate surface area is 174 Å². The Kier molecular flexibility index (Phi) is 5.85. The molecule has 1 aromatic heterocycles. The molecule has 2 heterocycles. The molecule has 150 valence electrons. The molecule has 0 unspecified atom stereocenters. The van der Waals surface area contributed by atoms with Crippen LogP contribution in [0, 0.1) is 6.92 Å². The van der Waals surface area contributed by atoms with Gasteiger partial charge in [0, 0.05) is 18.8 Å². The van der Waals surface area contributed by atoms with Crippen molar-refractivity contribution in [3.63, 3.8) is 0 Å². The normalized spacial score (nSPS) is 14.2. The molecule has 4 rings (SSSR count). The highest BCUT2D eigenvalue weighted by molar-refractivity contribution is 7.99. The van der Waals surface area contributed by atoms with Gasteiger partial charge in [0.2, 0.25) is 5.91 Å². The highest BCUT2D eigenvalue weighted by Gasteiger charge is 2.21. The van der Waals surface area contributed by atoms with Gasteiger partial charge in [-0.25, -0.2) is 0 Å². The molecule has 29 heavy (non-hydrogen) atoms. The number of amides is 1. The summed E-state index contributed by atoms with van der Waals surface area (Å²) in [4.78, 5) is 14.5. The number of thioether (sulfide) groups is 1. The summed E-state index contributed by atoms with van der Waals surface area (Å²) in [6, 6.07) is 15.1. The summed E-state index contributed by atoms with van der Waals surface area (Å²) < 4.78 is 1.91. The number of hydrogen-bond acceptors (Lipinski definition) is 5. The summed E-state index contributed by atoms with van der Waals surface area (Å²) in [5, 5.41) is 19.7. The second-order valence-electron chi connectivity index (χ2n) is 7.22. The molecule has 1 saturated heterocycles. The van der Waals surface area contributed by atoms with Crippen LogP contribution in [-0.4, -0.2) is 49.5 Å². The van der Waals surface area contributed by atoms with E-state index >= 15 is 0 Å². The zero-order valence-corrected chi connectivity index (χ0v) is 17.2. The fourth-order valence-electron chi connectivity index (χ4n) is 3.49. The van der Waals surface area contributed by atoms with Crippen LogP contribution >= 0.6 is 11.8 Å². The average Bonchev–Trinajstić information content (AvgIpc) is 3.17. The largest absolute Gasteiger partial charge is 0.507 e. The van der Waals surface area contributed by atoms with E-state index < -0.39 is 0 Å². The number of aryl methyl sites for hydroxylation is 1. The maximum Gasteiger partial charge on any atom is 0.233 e. The van der Waals surface area contributed by atoms with Crippen LogP contribution in [0.2, 0.25) is 0 Å². The van der Waals surface area contributed by atoms with Crippen molar-refractivity contribution >= 4 is 17.7 Å². The zero-order valence-electron chi connectivity index (χ0n) is 16.4. The molecular formula is C22H24N4O2S. The molecule has 0 radical (unpaired) electrons. The summed E-state index contributed by atoms with van der Waals surface area (Å²) in [5.41, 5.74) is 2.65. The lowest BCUT2D eigenvalue weighted by atomic mass is 10.1. The van der Waals surface area contributed by atoms with Gasteiger partial charge in [0.1, 0.15) is 5.75 Å². The van der Waals surface area contributed by atoms with Crippen molar-refractivity contribution < 1.29 is 9.90 Å². The van der Waals surface area contributed by atoms with Gasteiger partial charge in [0.25, 0.3) is 0 Å². The first-order chi connectivity index (χ1) is 14.1. The van der Waals surface area contributed by atoms with Gasteiger partial charge in [-0.15, -0.1) is 10.2 Å².